The molecule has 0 spiro atoms. The van der Waals surface area contributed by atoms with Gasteiger partial charge in [-0.1, -0.05) is 20.8 Å². The number of methoxy groups -OCH3 is 1. The number of anilines is 1. The third kappa shape index (κ3) is 3.70. The Kier molecular flexibility index (Phi) is 4.64. The molecule has 92 valence electrons. The molecular formula is C10H20N4OS. The predicted octanol–water partition coefficient (Wildman–Crippen LogP) is 1.22. The van der Waals surface area contributed by atoms with Crippen molar-refractivity contribution >= 4 is 16.7 Å². The average Bonchev–Trinajstić information content (AvgIpc) is 2.65. The molecule has 1 unspecified atom stereocenters. The lowest BCUT2D eigenvalue weighted by Crippen LogP contribution is -2.33. The molecule has 1 aromatic rings. The average molecular weight is 244 g/mol. The highest BCUT2D eigenvalue weighted by Gasteiger charge is 2.20. The predicted molar refractivity (Wildman–Crippen MR) is 67.0 cm³/mol. The first-order chi connectivity index (χ1) is 7.47. The Bertz CT molecular complexity index is 321. The molecule has 0 aliphatic carbocycles. The smallest absolute Gasteiger partial charge is 0.202 e. The fourth-order valence-electron chi connectivity index (χ4n) is 1.13. The van der Waals surface area contributed by atoms with Crippen LogP contribution in [0.25, 0.3) is 0 Å². The van der Waals surface area contributed by atoms with Gasteiger partial charge in [0, 0.05) is 30.6 Å². The number of nitrogens with zero attached hydrogens (tertiary/aromatic N) is 2. The van der Waals surface area contributed by atoms with Crippen LogP contribution >= 0.6 is 11.5 Å². The van der Waals surface area contributed by atoms with Crippen LogP contribution in [0, 0.1) is 0 Å². The van der Waals surface area contributed by atoms with Crippen LogP contribution in [-0.2, 0) is 10.2 Å². The summed E-state index contributed by atoms with van der Waals surface area (Å²) in [7, 11) is 1.66. The summed E-state index contributed by atoms with van der Waals surface area (Å²) in [6.45, 7) is 7.36. The fraction of sp³-hybridized carbons (Fsp3) is 0.800. The number of rotatable bonds is 5. The summed E-state index contributed by atoms with van der Waals surface area (Å²) in [6, 6.07) is 0.0887. The van der Waals surface area contributed by atoms with Crippen LogP contribution in [0.4, 0.5) is 5.13 Å². The molecule has 1 aromatic heterocycles. The molecule has 0 saturated heterocycles. The number of ether oxygens (including phenoxy) is 1. The van der Waals surface area contributed by atoms with Crippen molar-refractivity contribution < 1.29 is 4.74 Å². The zero-order valence-corrected chi connectivity index (χ0v) is 11.1. The maximum absolute atomic E-state index is 5.61. The number of nitrogens with one attached hydrogen (secondary N) is 1. The molecular weight excluding hydrogens is 224 g/mol. The third-order valence-corrected chi connectivity index (χ3v) is 2.72. The summed E-state index contributed by atoms with van der Waals surface area (Å²) >= 11 is 1.36. The van der Waals surface area contributed by atoms with Crippen molar-refractivity contribution in [2.75, 3.05) is 25.6 Å². The zero-order chi connectivity index (χ0) is 12.2. The van der Waals surface area contributed by atoms with Gasteiger partial charge in [0.2, 0.25) is 5.13 Å². The summed E-state index contributed by atoms with van der Waals surface area (Å²) in [5.41, 5.74) is 5.60. The summed E-state index contributed by atoms with van der Waals surface area (Å²) in [5.74, 6) is 0.855. The van der Waals surface area contributed by atoms with Crippen LogP contribution in [0.2, 0.25) is 0 Å². The number of hydrogen-bond donors (Lipinski definition) is 2. The molecule has 16 heavy (non-hydrogen) atoms. The van der Waals surface area contributed by atoms with Crippen LogP contribution in [0.3, 0.4) is 0 Å². The minimum atomic E-state index is -0.0180. The summed E-state index contributed by atoms with van der Waals surface area (Å²) in [5, 5.41) is 4.02. The molecule has 0 radical (unpaired) electrons. The third-order valence-electron chi connectivity index (χ3n) is 2.08. The SMILES string of the molecule is COCC(CN)Nc1nc(C(C)(C)C)ns1. The second kappa shape index (κ2) is 5.56. The Balaban J connectivity index is 2.64. The van der Waals surface area contributed by atoms with Crippen LogP contribution in [0.15, 0.2) is 0 Å². The lowest BCUT2D eigenvalue weighted by Gasteiger charge is -2.15. The summed E-state index contributed by atoms with van der Waals surface area (Å²) in [4.78, 5) is 4.44. The van der Waals surface area contributed by atoms with Gasteiger partial charge < -0.3 is 15.8 Å². The van der Waals surface area contributed by atoms with Crippen molar-refractivity contribution in [3.63, 3.8) is 0 Å². The molecule has 0 bridgehead atoms. The van der Waals surface area contributed by atoms with E-state index in [2.05, 4.69) is 35.4 Å². The van der Waals surface area contributed by atoms with Crippen LogP contribution in [0.1, 0.15) is 26.6 Å². The lowest BCUT2D eigenvalue weighted by atomic mass is 9.96. The van der Waals surface area contributed by atoms with Crippen LogP contribution in [0.5, 0.6) is 0 Å². The van der Waals surface area contributed by atoms with E-state index < -0.39 is 0 Å². The fourth-order valence-corrected chi connectivity index (χ4v) is 1.97. The standard InChI is InChI=1S/C10H20N4OS/c1-10(2,3)8-13-9(16-14-8)12-7(5-11)6-15-4/h7H,5-6,11H2,1-4H3,(H,12,13,14). The molecule has 0 aromatic carbocycles. The highest BCUT2D eigenvalue weighted by Crippen LogP contribution is 2.23. The molecule has 6 heteroatoms. The molecule has 0 amide bonds. The Hall–Kier alpha value is -0.720. The van der Waals surface area contributed by atoms with Gasteiger partial charge in [0.1, 0.15) is 5.82 Å². The van der Waals surface area contributed by atoms with E-state index >= 15 is 0 Å². The van der Waals surface area contributed by atoms with Gasteiger partial charge in [-0.15, -0.1) is 0 Å². The first-order valence-corrected chi connectivity index (χ1v) is 6.04. The van der Waals surface area contributed by atoms with Gasteiger partial charge in [-0.05, 0) is 0 Å². The van der Waals surface area contributed by atoms with E-state index in [0.29, 0.717) is 13.2 Å². The molecule has 1 heterocycles. The summed E-state index contributed by atoms with van der Waals surface area (Å²) < 4.78 is 9.38. The zero-order valence-electron chi connectivity index (χ0n) is 10.3. The van der Waals surface area contributed by atoms with E-state index in [1.807, 2.05) is 0 Å². The second-order valence-electron chi connectivity index (χ2n) is 4.71. The van der Waals surface area contributed by atoms with Crippen molar-refractivity contribution in [1.29, 1.82) is 0 Å². The van der Waals surface area contributed by atoms with E-state index in [1.54, 1.807) is 7.11 Å². The highest BCUT2D eigenvalue weighted by molar-refractivity contribution is 7.09. The lowest BCUT2D eigenvalue weighted by molar-refractivity contribution is 0.187. The Morgan fingerprint density at radius 1 is 1.50 bits per heavy atom. The maximum atomic E-state index is 5.61. The Morgan fingerprint density at radius 2 is 2.19 bits per heavy atom. The monoisotopic (exact) mass is 244 g/mol. The highest BCUT2D eigenvalue weighted by atomic mass is 32.1. The summed E-state index contributed by atoms with van der Waals surface area (Å²) in [6.07, 6.45) is 0. The van der Waals surface area contributed by atoms with E-state index in [9.17, 15) is 0 Å². The first-order valence-electron chi connectivity index (χ1n) is 5.27. The number of hydrogen-bond acceptors (Lipinski definition) is 6. The van der Waals surface area contributed by atoms with Gasteiger partial charge in [0.15, 0.2) is 0 Å². The Morgan fingerprint density at radius 3 is 2.62 bits per heavy atom. The van der Waals surface area contributed by atoms with Crippen LogP contribution < -0.4 is 11.1 Å². The van der Waals surface area contributed by atoms with Gasteiger partial charge in [0.25, 0.3) is 0 Å². The largest absolute Gasteiger partial charge is 0.383 e. The van der Waals surface area contributed by atoms with Gasteiger partial charge in [0.05, 0.1) is 12.6 Å². The quantitative estimate of drug-likeness (QED) is 0.815. The second-order valence-corrected chi connectivity index (χ2v) is 5.46. The normalized spacial score (nSPS) is 13.8. The van der Waals surface area contributed by atoms with Crippen LogP contribution in [-0.4, -0.2) is 35.7 Å². The molecule has 0 aliphatic rings. The maximum Gasteiger partial charge on any atom is 0.202 e. The van der Waals surface area contributed by atoms with Gasteiger partial charge >= 0.3 is 0 Å². The minimum Gasteiger partial charge on any atom is -0.383 e. The Labute approximate surface area is 101 Å². The number of aromatic nitrogens is 2. The van der Waals surface area contributed by atoms with Crippen molar-refractivity contribution in [3.8, 4) is 0 Å². The molecule has 1 rings (SSSR count). The molecule has 0 aliphatic heterocycles. The van der Waals surface area contributed by atoms with E-state index in [0.717, 1.165) is 11.0 Å². The van der Waals surface area contributed by atoms with E-state index in [-0.39, 0.29) is 11.5 Å². The molecule has 3 N–H and O–H groups in total. The van der Waals surface area contributed by atoms with Crippen molar-refractivity contribution in [2.45, 2.75) is 32.2 Å². The van der Waals surface area contributed by atoms with Gasteiger partial charge in [-0.2, -0.15) is 4.37 Å². The van der Waals surface area contributed by atoms with Crippen molar-refractivity contribution in [3.05, 3.63) is 5.82 Å². The van der Waals surface area contributed by atoms with E-state index in [1.165, 1.54) is 11.5 Å². The van der Waals surface area contributed by atoms with Crippen molar-refractivity contribution in [2.24, 2.45) is 5.73 Å². The first kappa shape index (κ1) is 13.3. The topological polar surface area (TPSA) is 73.1 Å². The molecule has 0 saturated carbocycles. The van der Waals surface area contributed by atoms with Crippen molar-refractivity contribution in [1.82, 2.24) is 9.36 Å². The van der Waals surface area contributed by atoms with Gasteiger partial charge in [-0.3, -0.25) is 0 Å². The number of nitrogens with two attached hydrogens (primary N) is 1. The minimum absolute atomic E-state index is 0.0180. The molecule has 1 atom stereocenters. The molecule has 0 fully saturated rings. The van der Waals surface area contributed by atoms with Gasteiger partial charge in [-0.25, -0.2) is 4.98 Å². The van der Waals surface area contributed by atoms with E-state index in [4.69, 9.17) is 10.5 Å². The molecule has 5 nitrogen and oxygen atoms in total.